The van der Waals surface area contributed by atoms with Gasteiger partial charge in [0.1, 0.15) is 11.6 Å². The fourth-order valence-corrected chi connectivity index (χ4v) is 1.12. The molecule has 0 heterocycles. The number of rotatable bonds is 5. The number of benzene rings is 1. The maximum Gasteiger partial charge on any atom is 0.128 e. The molecule has 1 aromatic carbocycles. The summed E-state index contributed by atoms with van der Waals surface area (Å²) >= 11 is 0. The van der Waals surface area contributed by atoms with Crippen LogP contribution in [-0.2, 0) is 0 Å². The largest absolute Gasteiger partial charge is 0.493 e. The third kappa shape index (κ3) is 3.81. The van der Waals surface area contributed by atoms with Crippen molar-refractivity contribution in [3.05, 3.63) is 29.8 Å². The first-order valence-electron chi connectivity index (χ1n) is 4.78. The van der Waals surface area contributed by atoms with E-state index >= 15 is 0 Å². The van der Waals surface area contributed by atoms with Crippen molar-refractivity contribution in [3.63, 3.8) is 0 Å². The number of amidine groups is 1. The highest BCUT2D eigenvalue weighted by Crippen LogP contribution is 2.15. The van der Waals surface area contributed by atoms with Gasteiger partial charge in [-0.3, -0.25) is 10.4 Å². The van der Waals surface area contributed by atoms with Gasteiger partial charge in [-0.15, -0.1) is 0 Å². The van der Waals surface area contributed by atoms with Crippen LogP contribution in [0.2, 0.25) is 0 Å². The van der Waals surface area contributed by atoms with Crippen LogP contribution in [0, 0.1) is 5.41 Å². The van der Waals surface area contributed by atoms with E-state index in [1.807, 2.05) is 31.2 Å². The summed E-state index contributed by atoms with van der Waals surface area (Å²) in [5, 5.41) is 7.03. The summed E-state index contributed by atoms with van der Waals surface area (Å²) in [4.78, 5) is 4.03. The summed E-state index contributed by atoms with van der Waals surface area (Å²) in [7, 11) is 0. The van der Waals surface area contributed by atoms with Crippen molar-refractivity contribution in [1.82, 2.24) is 0 Å². The van der Waals surface area contributed by atoms with Crippen molar-refractivity contribution in [2.24, 2.45) is 10.7 Å². The first-order valence-corrected chi connectivity index (χ1v) is 4.78. The lowest BCUT2D eigenvalue weighted by molar-refractivity contribution is 0.340. The Balaban J connectivity index is 2.74. The standard InChI is InChI=1S/C11H15N3O/c1-2-15-10-6-4-3-5-9(10)7-14-8-11(12)13/h3-7H,2,8H2,1H3,(H3,12,13). The lowest BCUT2D eigenvalue weighted by atomic mass is 10.2. The van der Waals surface area contributed by atoms with Crippen molar-refractivity contribution in [1.29, 1.82) is 5.41 Å². The summed E-state index contributed by atoms with van der Waals surface area (Å²) in [6.07, 6.45) is 1.67. The third-order valence-electron chi connectivity index (χ3n) is 1.71. The molecule has 15 heavy (non-hydrogen) atoms. The smallest absolute Gasteiger partial charge is 0.128 e. The lowest BCUT2D eigenvalue weighted by Gasteiger charge is -2.05. The predicted octanol–water partition coefficient (Wildman–Crippen LogP) is 1.44. The second-order valence-electron chi connectivity index (χ2n) is 2.97. The van der Waals surface area contributed by atoms with E-state index in [2.05, 4.69) is 4.99 Å². The molecule has 4 heteroatoms. The number of nitrogens with zero attached hydrogens (tertiary/aromatic N) is 1. The molecule has 0 bridgehead atoms. The zero-order valence-corrected chi connectivity index (χ0v) is 8.73. The van der Waals surface area contributed by atoms with Gasteiger partial charge in [0.25, 0.3) is 0 Å². The van der Waals surface area contributed by atoms with Crippen LogP contribution in [0.1, 0.15) is 12.5 Å². The van der Waals surface area contributed by atoms with Gasteiger partial charge in [-0.25, -0.2) is 0 Å². The van der Waals surface area contributed by atoms with Crippen LogP contribution < -0.4 is 10.5 Å². The molecule has 3 N–H and O–H groups in total. The van der Waals surface area contributed by atoms with Crippen LogP contribution in [0.15, 0.2) is 29.3 Å². The van der Waals surface area contributed by atoms with Gasteiger partial charge in [0.05, 0.1) is 13.2 Å². The van der Waals surface area contributed by atoms with Gasteiger partial charge in [-0.2, -0.15) is 0 Å². The number of hydrogen-bond donors (Lipinski definition) is 2. The monoisotopic (exact) mass is 205 g/mol. The Morgan fingerprint density at radius 3 is 2.93 bits per heavy atom. The molecule has 1 aromatic rings. The van der Waals surface area contributed by atoms with Gasteiger partial charge in [-0.1, -0.05) is 12.1 Å². The predicted molar refractivity (Wildman–Crippen MR) is 62.0 cm³/mol. The van der Waals surface area contributed by atoms with Gasteiger partial charge in [0.15, 0.2) is 0 Å². The Morgan fingerprint density at radius 2 is 2.27 bits per heavy atom. The van der Waals surface area contributed by atoms with E-state index in [4.69, 9.17) is 15.9 Å². The van der Waals surface area contributed by atoms with Crippen molar-refractivity contribution in [2.45, 2.75) is 6.92 Å². The highest BCUT2D eigenvalue weighted by atomic mass is 16.5. The second kappa shape index (κ2) is 5.80. The number of aliphatic imine (C=N–C) groups is 1. The highest BCUT2D eigenvalue weighted by Gasteiger charge is 1.98. The van der Waals surface area contributed by atoms with E-state index < -0.39 is 0 Å². The highest BCUT2D eigenvalue weighted by molar-refractivity contribution is 5.86. The summed E-state index contributed by atoms with van der Waals surface area (Å²) in [6.45, 7) is 2.78. The molecule has 0 unspecified atom stereocenters. The molecule has 0 saturated heterocycles. The molecule has 0 aliphatic rings. The molecule has 0 aromatic heterocycles. The Bertz CT molecular complexity index is 361. The van der Waals surface area contributed by atoms with Crippen LogP contribution >= 0.6 is 0 Å². The minimum Gasteiger partial charge on any atom is -0.493 e. The van der Waals surface area contributed by atoms with Gasteiger partial charge in [0, 0.05) is 11.8 Å². The Labute approximate surface area is 89.3 Å². The average molecular weight is 205 g/mol. The van der Waals surface area contributed by atoms with Crippen molar-refractivity contribution in [2.75, 3.05) is 13.2 Å². The van der Waals surface area contributed by atoms with Crippen molar-refractivity contribution in [3.8, 4) is 5.75 Å². The minimum absolute atomic E-state index is 0.0557. The minimum atomic E-state index is 0.0557. The molecule has 1 rings (SSSR count). The fraction of sp³-hybridized carbons (Fsp3) is 0.273. The van der Waals surface area contributed by atoms with Crippen LogP contribution in [0.5, 0.6) is 5.75 Å². The normalized spacial score (nSPS) is 10.5. The van der Waals surface area contributed by atoms with Crippen molar-refractivity contribution >= 4 is 12.1 Å². The van der Waals surface area contributed by atoms with Gasteiger partial charge in [0.2, 0.25) is 0 Å². The molecule has 0 amide bonds. The molecule has 0 atom stereocenters. The molecule has 0 radical (unpaired) electrons. The van der Waals surface area contributed by atoms with Gasteiger partial charge >= 0.3 is 0 Å². The quantitative estimate of drug-likeness (QED) is 0.564. The Kier molecular flexibility index (Phi) is 4.34. The van der Waals surface area contributed by atoms with Crippen LogP contribution in [0.25, 0.3) is 0 Å². The molecular formula is C11H15N3O. The number of para-hydroxylation sites is 1. The molecule has 0 aliphatic carbocycles. The first-order chi connectivity index (χ1) is 7.24. The molecule has 80 valence electrons. The summed E-state index contributed by atoms with van der Waals surface area (Å²) in [5.74, 6) is 0.854. The molecular weight excluding hydrogens is 190 g/mol. The average Bonchev–Trinajstić information content (AvgIpc) is 2.20. The lowest BCUT2D eigenvalue weighted by Crippen LogP contribution is -2.13. The van der Waals surface area contributed by atoms with E-state index in [0.29, 0.717) is 6.61 Å². The van der Waals surface area contributed by atoms with E-state index in [1.165, 1.54) is 0 Å². The van der Waals surface area contributed by atoms with E-state index in [1.54, 1.807) is 6.21 Å². The van der Waals surface area contributed by atoms with Crippen LogP contribution in [0.4, 0.5) is 0 Å². The summed E-state index contributed by atoms with van der Waals surface area (Å²) in [6, 6.07) is 7.62. The maximum atomic E-state index is 7.03. The van der Waals surface area contributed by atoms with Gasteiger partial charge < -0.3 is 10.5 Å². The van der Waals surface area contributed by atoms with Gasteiger partial charge in [-0.05, 0) is 19.1 Å². The zero-order valence-electron chi connectivity index (χ0n) is 8.73. The number of ether oxygens (including phenoxy) is 1. The summed E-state index contributed by atoms with van der Waals surface area (Å²) in [5.41, 5.74) is 6.09. The molecule has 4 nitrogen and oxygen atoms in total. The Morgan fingerprint density at radius 1 is 1.53 bits per heavy atom. The molecule has 0 fully saturated rings. The fourth-order valence-electron chi connectivity index (χ4n) is 1.12. The first kappa shape index (κ1) is 11.2. The summed E-state index contributed by atoms with van der Waals surface area (Å²) < 4.78 is 5.42. The number of hydrogen-bond acceptors (Lipinski definition) is 3. The van der Waals surface area contributed by atoms with Crippen LogP contribution in [0.3, 0.4) is 0 Å². The number of nitrogens with one attached hydrogen (secondary N) is 1. The van der Waals surface area contributed by atoms with E-state index in [0.717, 1.165) is 11.3 Å². The second-order valence-corrected chi connectivity index (χ2v) is 2.97. The maximum absolute atomic E-state index is 7.03. The SMILES string of the molecule is CCOc1ccccc1C=NCC(=N)N. The third-order valence-corrected chi connectivity index (χ3v) is 1.71. The van der Waals surface area contributed by atoms with E-state index in [-0.39, 0.29) is 12.4 Å². The molecule has 0 spiro atoms. The molecule has 0 aliphatic heterocycles. The van der Waals surface area contributed by atoms with Crippen molar-refractivity contribution < 1.29 is 4.74 Å². The van der Waals surface area contributed by atoms with Crippen LogP contribution in [-0.4, -0.2) is 25.2 Å². The topological polar surface area (TPSA) is 71.5 Å². The Hall–Kier alpha value is -1.84. The zero-order chi connectivity index (χ0) is 11.1. The number of nitrogens with two attached hydrogens (primary N) is 1. The van der Waals surface area contributed by atoms with E-state index in [9.17, 15) is 0 Å². The molecule has 0 saturated carbocycles.